The van der Waals surface area contributed by atoms with Crippen molar-refractivity contribution in [2.75, 3.05) is 0 Å². The molecule has 1 saturated carbocycles. The molecule has 1 aliphatic rings. The summed E-state index contributed by atoms with van der Waals surface area (Å²) < 4.78 is 41.2. The maximum atomic E-state index is 13.8. The maximum absolute atomic E-state index is 13.8. The van der Waals surface area contributed by atoms with Gasteiger partial charge in [0, 0.05) is 6.92 Å². The molecule has 3 heteroatoms. The molecule has 0 unspecified atom stereocenters. The van der Waals surface area contributed by atoms with Gasteiger partial charge in [-0.05, 0) is 24.5 Å². The third-order valence-corrected chi connectivity index (χ3v) is 3.69. The molecule has 0 aromatic heterocycles. The van der Waals surface area contributed by atoms with Gasteiger partial charge in [-0.25, -0.2) is 13.2 Å². The van der Waals surface area contributed by atoms with E-state index in [0.717, 1.165) is 19.8 Å². The Labute approximate surface area is 93.5 Å². The van der Waals surface area contributed by atoms with Gasteiger partial charge in [0.1, 0.15) is 5.82 Å². The highest BCUT2D eigenvalue weighted by Gasteiger charge is 2.53. The number of rotatable bonds is 2. The van der Waals surface area contributed by atoms with Crippen molar-refractivity contribution in [1.29, 1.82) is 0 Å². The molecule has 2 rings (SSSR count). The van der Waals surface area contributed by atoms with Crippen molar-refractivity contribution in [2.24, 2.45) is 0 Å². The number of halogens is 3. The zero-order chi connectivity index (χ0) is 11.8. The van der Waals surface area contributed by atoms with Crippen LogP contribution in [0.2, 0.25) is 0 Å². The second kappa shape index (κ2) is 3.79. The Kier molecular flexibility index (Phi) is 2.72. The Hall–Kier alpha value is -0.990. The van der Waals surface area contributed by atoms with Crippen LogP contribution >= 0.6 is 0 Å². The van der Waals surface area contributed by atoms with Crippen molar-refractivity contribution in [1.82, 2.24) is 0 Å². The van der Waals surface area contributed by atoms with Gasteiger partial charge in [0.25, 0.3) is 5.92 Å². The molecule has 1 aromatic rings. The standard InChI is InChI=1S/C13H15F3/c1-12(15,16)13(8-4-5-9-13)10-6-2-3-7-11(10)14/h2-3,6-7H,4-5,8-9H2,1H3. The van der Waals surface area contributed by atoms with Crippen LogP contribution in [0.4, 0.5) is 13.2 Å². The number of hydrogen-bond acceptors (Lipinski definition) is 0. The second-order valence-corrected chi connectivity index (χ2v) is 4.66. The molecule has 0 nitrogen and oxygen atoms in total. The van der Waals surface area contributed by atoms with Crippen LogP contribution in [-0.4, -0.2) is 5.92 Å². The molecule has 0 aliphatic heterocycles. The normalized spacial score (nSPS) is 20.0. The molecule has 0 bridgehead atoms. The van der Waals surface area contributed by atoms with Crippen LogP contribution in [0.5, 0.6) is 0 Å². The van der Waals surface area contributed by atoms with Crippen LogP contribution in [0.25, 0.3) is 0 Å². The van der Waals surface area contributed by atoms with E-state index in [4.69, 9.17) is 0 Å². The summed E-state index contributed by atoms with van der Waals surface area (Å²) in [4.78, 5) is 0. The molecule has 0 saturated heterocycles. The largest absolute Gasteiger partial charge is 0.255 e. The topological polar surface area (TPSA) is 0 Å². The van der Waals surface area contributed by atoms with Crippen molar-refractivity contribution in [3.05, 3.63) is 35.6 Å². The minimum absolute atomic E-state index is 0.181. The molecule has 88 valence electrons. The van der Waals surface area contributed by atoms with Crippen molar-refractivity contribution in [3.63, 3.8) is 0 Å². The van der Waals surface area contributed by atoms with Crippen LogP contribution in [0, 0.1) is 5.82 Å². The first-order valence-corrected chi connectivity index (χ1v) is 5.60. The first kappa shape index (κ1) is 11.5. The summed E-state index contributed by atoms with van der Waals surface area (Å²) in [6.07, 6.45) is 2.24. The Morgan fingerprint density at radius 1 is 1.12 bits per heavy atom. The fourth-order valence-corrected chi connectivity index (χ4v) is 2.77. The molecule has 0 amide bonds. The predicted molar refractivity (Wildman–Crippen MR) is 57.2 cm³/mol. The van der Waals surface area contributed by atoms with Crippen molar-refractivity contribution in [2.45, 2.75) is 43.9 Å². The molecule has 1 aliphatic carbocycles. The van der Waals surface area contributed by atoms with E-state index in [0.29, 0.717) is 12.8 Å². The monoisotopic (exact) mass is 228 g/mol. The zero-order valence-corrected chi connectivity index (χ0v) is 9.27. The smallest absolute Gasteiger partial charge is 0.207 e. The van der Waals surface area contributed by atoms with Crippen LogP contribution < -0.4 is 0 Å². The molecular formula is C13H15F3. The number of alkyl halides is 2. The number of hydrogen-bond donors (Lipinski definition) is 0. The summed E-state index contributed by atoms with van der Waals surface area (Å²) in [5, 5.41) is 0. The van der Waals surface area contributed by atoms with Gasteiger partial charge in [0.05, 0.1) is 5.41 Å². The molecule has 0 atom stereocenters. The lowest BCUT2D eigenvalue weighted by atomic mass is 9.74. The lowest BCUT2D eigenvalue weighted by Gasteiger charge is -2.35. The minimum atomic E-state index is -2.87. The van der Waals surface area contributed by atoms with Crippen LogP contribution in [0.1, 0.15) is 38.2 Å². The summed E-state index contributed by atoms with van der Waals surface area (Å²) in [6, 6.07) is 5.93. The summed E-state index contributed by atoms with van der Waals surface area (Å²) >= 11 is 0. The zero-order valence-electron chi connectivity index (χ0n) is 9.27. The van der Waals surface area contributed by atoms with Crippen molar-refractivity contribution < 1.29 is 13.2 Å². The van der Waals surface area contributed by atoms with Gasteiger partial charge in [-0.1, -0.05) is 31.0 Å². The van der Waals surface area contributed by atoms with E-state index in [9.17, 15) is 13.2 Å². The quantitative estimate of drug-likeness (QED) is 0.708. The second-order valence-electron chi connectivity index (χ2n) is 4.66. The molecule has 0 radical (unpaired) electrons. The van der Waals surface area contributed by atoms with E-state index in [-0.39, 0.29) is 5.56 Å². The van der Waals surface area contributed by atoms with Gasteiger partial charge in [-0.3, -0.25) is 0 Å². The van der Waals surface area contributed by atoms with E-state index >= 15 is 0 Å². The van der Waals surface area contributed by atoms with Crippen LogP contribution in [0.3, 0.4) is 0 Å². The first-order chi connectivity index (χ1) is 7.47. The van der Waals surface area contributed by atoms with Gasteiger partial charge in [-0.15, -0.1) is 0 Å². The fourth-order valence-electron chi connectivity index (χ4n) is 2.77. The summed E-state index contributed by atoms with van der Waals surface area (Å²) in [6.45, 7) is 0.908. The molecular weight excluding hydrogens is 213 g/mol. The van der Waals surface area contributed by atoms with Crippen molar-refractivity contribution >= 4 is 0 Å². The predicted octanol–water partition coefficient (Wildman–Crippen LogP) is 4.29. The highest BCUT2D eigenvalue weighted by Crippen LogP contribution is 2.51. The summed E-state index contributed by atoms with van der Waals surface area (Å²) in [7, 11) is 0. The Morgan fingerprint density at radius 2 is 1.69 bits per heavy atom. The van der Waals surface area contributed by atoms with Gasteiger partial charge >= 0.3 is 0 Å². The van der Waals surface area contributed by atoms with E-state index in [1.54, 1.807) is 6.07 Å². The first-order valence-electron chi connectivity index (χ1n) is 5.60. The Bertz CT molecular complexity index is 373. The fraction of sp³-hybridized carbons (Fsp3) is 0.538. The van der Waals surface area contributed by atoms with E-state index in [1.165, 1.54) is 18.2 Å². The molecule has 16 heavy (non-hydrogen) atoms. The van der Waals surface area contributed by atoms with E-state index in [2.05, 4.69) is 0 Å². The minimum Gasteiger partial charge on any atom is -0.207 e. The Morgan fingerprint density at radius 3 is 2.19 bits per heavy atom. The SMILES string of the molecule is CC(F)(F)C1(c2ccccc2F)CCCC1. The highest BCUT2D eigenvalue weighted by atomic mass is 19.3. The molecule has 0 N–H and O–H groups in total. The highest BCUT2D eigenvalue weighted by molar-refractivity contribution is 5.31. The van der Waals surface area contributed by atoms with Gasteiger partial charge in [0.15, 0.2) is 0 Å². The number of benzene rings is 1. The molecule has 0 spiro atoms. The lowest BCUT2D eigenvalue weighted by Crippen LogP contribution is -2.41. The van der Waals surface area contributed by atoms with Crippen molar-refractivity contribution in [3.8, 4) is 0 Å². The molecule has 0 heterocycles. The maximum Gasteiger partial charge on any atom is 0.255 e. The molecule has 1 aromatic carbocycles. The summed E-state index contributed by atoms with van der Waals surface area (Å²) in [5.41, 5.74) is -1.11. The van der Waals surface area contributed by atoms with Gasteiger partial charge < -0.3 is 0 Å². The Balaban J connectivity index is 2.53. The lowest BCUT2D eigenvalue weighted by molar-refractivity contribution is -0.0613. The average Bonchev–Trinajstić information content (AvgIpc) is 2.67. The van der Waals surface area contributed by atoms with Gasteiger partial charge in [-0.2, -0.15) is 0 Å². The molecule has 1 fully saturated rings. The van der Waals surface area contributed by atoms with E-state index in [1.807, 2.05) is 0 Å². The van der Waals surface area contributed by atoms with Gasteiger partial charge in [0.2, 0.25) is 0 Å². The third-order valence-electron chi connectivity index (χ3n) is 3.69. The summed E-state index contributed by atoms with van der Waals surface area (Å²) in [5.74, 6) is -3.38. The third kappa shape index (κ3) is 1.62. The van der Waals surface area contributed by atoms with Crippen LogP contribution in [0.15, 0.2) is 24.3 Å². The van der Waals surface area contributed by atoms with E-state index < -0.39 is 17.2 Å². The van der Waals surface area contributed by atoms with Crippen LogP contribution in [-0.2, 0) is 5.41 Å². The average molecular weight is 228 g/mol.